The fraction of sp³-hybridized carbons (Fsp3) is 0.955. The Labute approximate surface area is 154 Å². The van der Waals surface area contributed by atoms with Crippen molar-refractivity contribution >= 4 is 5.91 Å². The van der Waals surface area contributed by atoms with E-state index in [0.29, 0.717) is 16.7 Å². The molecule has 1 aliphatic heterocycles. The third-order valence-electron chi connectivity index (χ3n) is 10.0. The SMILES string of the molecule is CCN1C(=O)CCC2(C)C3CCC4(C)C(CN)CCC4C3CC[C@@]12C. The van der Waals surface area contributed by atoms with Crippen molar-refractivity contribution in [1.82, 2.24) is 4.90 Å². The predicted molar refractivity (Wildman–Crippen MR) is 102 cm³/mol. The minimum absolute atomic E-state index is 0.0673. The van der Waals surface area contributed by atoms with Gasteiger partial charge in [-0.3, -0.25) is 4.79 Å². The number of nitrogens with zero attached hydrogens (tertiary/aromatic N) is 1. The summed E-state index contributed by atoms with van der Waals surface area (Å²) >= 11 is 0. The van der Waals surface area contributed by atoms with E-state index >= 15 is 0 Å². The van der Waals surface area contributed by atoms with Crippen LogP contribution < -0.4 is 5.73 Å². The first kappa shape index (κ1) is 17.8. The lowest BCUT2D eigenvalue weighted by atomic mass is 9.43. The normalized spacial score (nSPS) is 52.5. The number of fused-ring (bicyclic) bond motifs is 5. The van der Waals surface area contributed by atoms with Crippen LogP contribution in [0.5, 0.6) is 0 Å². The average molecular weight is 347 g/mol. The summed E-state index contributed by atoms with van der Waals surface area (Å²) in [5, 5.41) is 0. The predicted octanol–water partition coefficient (Wildman–Crippen LogP) is 4.20. The number of hydrogen-bond donors (Lipinski definition) is 1. The molecule has 2 N–H and O–H groups in total. The first-order valence-electron chi connectivity index (χ1n) is 10.8. The zero-order chi connectivity index (χ0) is 18.0. The zero-order valence-corrected chi connectivity index (χ0v) is 16.8. The molecule has 4 aliphatic rings. The number of piperidine rings is 1. The largest absolute Gasteiger partial charge is 0.337 e. The number of amides is 1. The van der Waals surface area contributed by atoms with Crippen molar-refractivity contribution in [2.45, 2.75) is 84.6 Å². The van der Waals surface area contributed by atoms with Gasteiger partial charge in [0.25, 0.3) is 0 Å². The van der Waals surface area contributed by atoms with Crippen molar-refractivity contribution in [3.8, 4) is 0 Å². The lowest BCUT2D eigenvalue weighted by Gasteiger charge is -2.67. The molecule has 3 heteroatoms. The molecule has 1 saturated heterocycles. The summed E-state index contributed by atoms with van der Waals surface area (Å²) in [5.74, 6) is 3.66. The molecule has 0 radical (unpaired) electrons. The monoisotopic (exact) mass is 346 g/mol. The van der Waals surface area contributed by atoms with Gasteiger partial charge in [0.1, 0.15) is 0 Å². The second-order valence-electron chi connectivity index (χ2n) is 10.3. The molecule has 142 valence electrons. The van der Waals surface area contributed by atoms with Gasteiger partial charge in [0, 0.05) is 18.5 Å². The third-order valence-corrected chi connectivity index (χ3v) is 10.0. The number of hydrogen-bond acceptors (Lipinski definition) is 2. The van der Waals surface area contributed by atoms with Gasteiger partial charge < -0.3 is 10.6 Å². The summed E-state index contributed by atoms with van der Waals surface area (Å²) in [6.07, 6.45) is 9.82. The van der Waals surface area contributed by atoms with Gasteiger partial charge in [0.2, 0.25) is 5.91 Å². The summed E-state index contributed by atoms with van der Waals surface area (Å²) in [6, 6.07) is 0. The Morgan fingerprint density at radius 1 is 1.04 bits per heavy atom. The highest BCUT2D eigenvalue weighted by Crippen LogP contribution is 2.68. The molecule has 7 atom stereocenters. The van der Waals surface area contributed by atoms with Gasteiger partial charge in [-0.05, 0) is 99.8 Å². The van der Waals surface area contributed by atoms with Crippen LogP contribution in [0.2, 0.25) is 0 Å². The highest BCUT2D eigenvalue weighted by atomic mass is 16.2. The maximum absolute atomic E-state index is 12.6. The Hall–Kier alpha value is -0.570. The van der Waals surface area contributed by atoms with Crippen LogP contribution in [0.4, 0.5) is 0 Å². The molecule has 1 amide bonds. The van der Waals surface area contributed by atoms with E-state index in [-0.39, 0.29) is 5.54 Å². The van der Waals surface area contributed by atoms with Crippen LogP contribution in [-0.4, -0.2) is 29.4 Å². The van der Waals surface area contributed by atoms with Crippen molar-refractivity contribution in [3.63, 3.8) is 0 Å². The molecule has 1 heterocycles. The van der Waals surface area contributed by atoms with Gasteiger partial charge in [0.15, 0.2) is 0 Å². The van der Waals surface area contributed by atoms with Crippen LogP contribution in [0.1, 0.15) is 79.1 Å². The van der Waals surface area contributed by atoms with Crippen molar-refractivity contribution in [1.29, 1.82) is 0 Å². The van der Waals surface area contributed by atoms with Crippen molar-refractivity contribution in [3.05, 3.63) is 0 Å². The lowest BCUT2D eigenvalue weighted by Crippen LogP contribution is -2.69. The maximum atomic E-state index is 12.6. The molecule has 25 heavy (non-hydrogen) atoms. The second-order valence-corrected chi connectivity index (χ2v) is 10.3. The van der Waals surface area contributed by atoms with E-state index in [0.717, 1.165) is 49.6 Å². The van der Waals surface area contributed by atoms with Crippen LogP contribution in [0, 0.1) is 34.5 Å². The van der Waals surface area contributed by atoms with Crippen LogP contribution in [0.25, 0.3) is 0 Å². The number of likely N-dealkylation sites (tertiary alicyclic amines) is 1. The standard InChI is InChI=1S/C22H38N2O/c1-5-24-19(25)10-12-21(3)18-9-11-20(2)15(14-23)6-7-17(20)16(18)8-13-22(21,24)4/h15-18H,5-14,23H2,1-4H3/t15?,16?,17?,18?,20?,21?,22-/m1/s1. The van der Waals surface area contributed by atoms with Gasteiger partial charge in [0.05, 0.1) is 0 Å². The summed E-state index contributed by atoms with van der Waals surface area (Å²) < 4.78 is 0. The maximum Gasteiger partial charge on any atom is 0.223 e. The quantitative estimate of drug-likeness (QED) is 0.814. The Morgan fingerprint density at radius 2 is 1.80 bits per heavy atom. The molecule has 0 bridgehead atoms. The van der Waals surface area contributed by atoms with Crippen LogP contribution in [0.15, 0.2) is 0 Å². The van der Waals surface area contributed by atoms with Crippen LogP contribution >= 0.6 is 0 Å². The fourth-order valence-corrected chi connectivity index (χ4v) is 8.31. The van der Waals surface area contributed by atoms with Crippen LogP contribution in [-0.2, 0) is 4.79 Å². The highest BCUT2D eigenvalue weighted by molar-refractivity contribution is 5.78. The molecule has 0 aromatic carbocycles. The Balaban J connectivity index is 1.68. The minimum atomic E-state index is 0.0673. The summed E-state index contributed by atoms with van der Waals surface area (Å²) in [7, 11) is 0. The topological polar surface area (TPSA) is 46.3 Å². The van der Waals surface area contributed by atoms with Gasteiger partial charge in [-0.1, -0.05) is 13.8 Å². The van der Waals surface area contributed by atoms with Gasteiger partial charge >= 0.3 is 0 Å². The van der Waals surface area contributed by atoms with E-state index in [1.165, 1.54) is 38.5 Å². The molecular weight excluding hydrogens is 308 g/mol. The smallest absolute Gasteiger partial charge is 0.223 e. The number of carbonyl (C=O) groups excluding carboxylic acids is 1. The number of carbonyl (C=O) groups is 1. The number of nitrogens with two attached hydrogens (primary N) is 1. The van der Waals surface area contributed by atoms with Crippen LogP contribution in [0.3, 0.4) is 0 Å². The molecule has 6 unspecified atom stereocenters. The number of rotatable bonds is 2. The Kier molecular flexibility index (Phi) is 4.07. The van der Waals surface area contributed by atoms with E-state index in [4.69, 9.17) is 5.73 Å². The molecule has 4 rings (SSSR count). The fourth-order valence-electron chi connectivity index (χ4n) is 8.31. The van der Waals surface area contributed by atoms with E-state index in [2.05, 4.69) is 32.6 Å². The zero-order valence-electron chi connectivity index (χ0n) is 16.8. The van der Waals surface area contributed by atoms with Gasteiger partial charge in [-0.25, -0.2) is 0 Å². The van der Waals surface area contributed by atoms with Gasteiger partial charge in [-0.2, -0.15) is 0 Å². The molecular formula is C22H38N2O. The second kappa shape index (κ2) is 5.71. The highest BCUT2D eigenvalue weighted by Gasteiger charge is 2.64. The molecule has 3 aliphatic carbocycles. The third kappa shape index (κ3) is 2.11. The summed E-state index contributed by atoms with van der Waals surface area (Å²) in [5.41, 5.74) is 7.00. The average Bonchev–Trinajstić information content (AvgIpc) is 2.93. The molecule has 4 fully saturated rings. The van der Waals surface area contributed by atoms with E-state index < -0.39 is 0 Å². The first-order chi connectivity index (χ1) is 11.8. The Bertz CT molecular complexity index is 562. The van der Waals surface area contributed by atoms with Crippen molar-refractivity contribution in [2.24, 2.45) is 40.2 Å². The van der Waals surface area contributed by atoms with Crippen molar-refractivity contribution < 1.29 is 4.79 Å². The molecule has 0 spiro atoms. The molecule has 3 saturated carbocycles. The summed E-state index contributed by atoms with van der Waals surface area (Å²) in [4.78, 5) is 14.9. The summed E-state index contributed by atoms with van der Waals surface area (Å²) in [6.45, 7) is 11.4. The van der Waals surface area contributed by atoms with E-state index in [1.807, 2.05) is 0 Å². The van der Waals surface area contributed by atoms with E-state index in [9.17, 15) is 4.79 Å². The van der Waals surface area contributed by atoms with E-state index in [1.54, 1.807) is 0 Å². The molecule has 0 aromatic heterocycles. The van der Waals surface area contributed by atoms with Crippen molar-refractivity contribution in [2.75, 3.05) is 13.1 Å². The minimum Gasteiger partial charge on any atom is -0.337 e. The molecule has 0 aromatic rings. The lowest BCUT2D eigenvalue weighted by molar-refractivity contribution is -0.185. The Morgan fingerprint density at radius 3 is 2.48 bits per heavy atom. The molecule has 3 nitrogen and oxygen atoms in total. The van der Waals surface area contributed by atoms with Gasteiger partial charge in [-0.15, -0.1) is 0 Å². The first-order valence-corrected chi connectivity index (χ1v) is 10.8.